The highest BCUT2D eigenvalue weighted by atomic mass is 19.1. The molecule has 0 spiro atoms. The molecule has 0 saturated heterocycles. The summed E-state index contributed by atoms with van der Waals surface area (Å²) in [5.74, 6) is -3.35. The fourth-order valence-electron chi connectivity index (χ4n) is 3.26. The first kappa shape index (κ1) is 22.0. The molecule has 0 aliphatic carbocycles. The van der Waals surface area contributed by atoms with Gasteiger partial charge in [-0.25, -0.2) is 22.8 Å². The number of methoxy groups -OCH3 is 1. The predicted octanol–water partition coefficient (Wildman–Crippen LogP) is 1.89. The Morgan fingerprint density at radius 1 is 1.15 bits per heavy atom. The number of nitrogens with zero attached hydrogens (tertiary/aromatic N) is 6. The zero-order chi connectivity index (χ0) is 23.9. The lowest BCUT2D eigenvalue weighted by Gasteiger charge is -2.18. The van der Waals surface area contributed by atoms with Gasteiger partial charge in [0.1, 0.15) is 34.3 Å². The Bertz CT molecular complexity index is 1430. The number of hydrogen-bond donors (Lipinski definition) is 1. The molecular weight excluding hydrogens is 443 g/mol. The number of aromatic amines is 1. The van der Waals surface area contributed by atoms with Crippen LogP contribution in [0.2, 0.25) is 0 Å². The van der Waals surface area contributed by atoms with Crippen molar-refractivity contribution < 1.29 is 22.7 Å². The van der Waals surface area contributed by atoms with Gasteiger partial charge in [0, 0.05) is 5.56 Å². The highest BCUT2D eigenvalue weighted by Crippen LogP contribution is 2.26. The van der Waals surface area contributed by atoms with Gasteiger partial charge in [0.2, 0.25) is 0 Å². The van der Waals surface area contributed by atoms with E-state index < -0.39 is 34.4 Å². The Kier molecular flexibility index (Phi) is 5.39. The summed E-state index contributed by atoms with van der Waals surface area (Å²) < 4.78 is 48.0. The van der Waals surface area contributed by atoms with Crippen LogP contribution in [0.25, 0.3) is 22.6 Å². The number of rotatable bonds is 5. The van der Waals surface area contributed by atoms with Crippen LogP contribution in [0.5, 0.6) is 0 Å². The van der Waals surface area contributed by atoms with Crippen molar-refractivity contribution in [2.45, 2.75) is 25.8 Å². The smallest absolute Gasteiger partial charge is 0.317 e. The lowest BCUT2D eigenvalue weighted by molar-refractivity contribution is -0.146. The number of carbonyl (C=O) groups is 1. The van der Waals surface area contributed by atoms with Crippen LogP contribution in [0, 0.1) is 17.5 Å². The average molecular weight is 459 g/mol. The van der Waals surface area contributed by atoms with Crippen LogP contribution in [0.4, 0.5) is 13.2 Å². The van der Waals surface area contributed by atoms with Crippen molar-refractivity contribution in [2.75, 3.05) is 7.11 Å². The number of fused-ring (bicyclic) bond motifs is 1. The van der Waals surface area contributed by atoms with Crippen LogP contribution in [0.1, 0.15) is 25.1 Å². The van der Waals surface area contributed by atoms with E-state index in [1.165, 1.54) is 21.0 Å². The summed E-state index contributed by atoms with van der Waals surface area (Å²) >= 11 is 0. The van der Waals surface area contributed by atoms with Crippen LogP contribution in [0.15, 0.2) is 29.5 Å². The summed E-state index contributed by atoms with van der Waals surface area (Å²) in [6, 6.07) is 1.09. The third-order valence-corrected chi connectivity index (χ3v) is 5.02. The van der Waals surface area contributed by atoms with E-state index in [1.807, 2.05) is 0 Å². The number of H-pyrrole nitrogens is 1. The Labute approximate surface area is 183 Å². The van der Waals surface area contributed by atoms with Crippen molar-refractivity contribution in [3.05, 3.63) is 63.7 Å². The molecule has 0 atom stereocenters. The maximum atomic E-state index is 14.1. The molecule has 0 bridgehead atoms. The second-order valence-electron chi connectivity index (χ2n) is 7.58. The van der Waals surface area contributed by atoms with Gasteiger partial charge in [-0.3, -0.25) is 14.6 Å². The molecule has 0 unspecified atom stereocenters. The van der Waals surface area contributed by atoms with Gasteiger partial charge < -0.3 is 9.72 Å². The first-order chi connectivity index (χ1) is 15.6. The van der Waals surface area contributed by atoms with Crippen LogP contribution in [-0.2, 0) is 21.5 Å². The topological polar surface area (TPSA) is 129 Å². The van der Waals surface area contributed by atoms with E-state index in [2.05, 4.69) is 30.2 Å². The van der Waals surface area contributed by atoms with E-state index in [-0.39, 0.29) is 40.4 Å². The summed E-state index contributed by atoms with van der Waals surface area (Å²) in [5.41, 5.74) is -2.61. The van der Waals surface area contributed by atoms with Gasteiger partial charge >= 0.3 is 5.97 Å². The van der Waals surface area contributed by atoms with Gasteiger partial charge in [0.25, 0.3) is 5.56 Å². The molecule has 170 valence electrons. The normalized spacial score (nSPS) is 11.7. The first-order valence-electron chi connectivity index (χ1n) is 9.49. The quantitative estimate of drug-likeness (QED) is 0.448. The fourth-order valence-corrected chi connectivity index (χ4v) is 3.26. The molecular formula is C20H16F3N7O3. The van der Waals surface area contributed by atoms with E-state index in [0.29, 0.717) is 0 Å². The minimum Gasteiger partial charge on any atom is -0.468 e. The summed E-state index contributed by atoms with van der Waals surface area (Å²) in [7, 11) is 1.18. The minimum absolute atomic E-state index is 0.0288. The van der Waals surface area contributed by atoms with E-state index in [9.17, 15) is 22.8 Å². The monoisotopic (exact) mass is 459 g/mol. The lowest BCUT2D eigenvalue weighted by atomic mass is 9.90. The molecule has 0 aromatic carbocycles. The minimum atomic E-state index is -1.39. The number of esters is 1. The molecule has 0 amide bonds. The van der Waals surface area contributed by atoms with E-state index in [4.69, 9.17) is 4.74 Å². The number of ether oxygens (including phenoxy) is 1. The first-order valence-corrected chi connectivity index (χ1v) is 9.49. The number of carbonyl (C=O) groups excluding carboxylic acids is 1. The van der Waals surface area contributed by atoms with Crippen LogP contribution in [-0.4, -0.2) is 48.0 Å². The predicted molar refractivity (Wildman–Crippen MR) is 107 cm³/mol. The van der Waals surface area contributed by atoms with Gasteiger partial charge in [0.05, 0.1) is 37.6 Å². The van der Waals surface area contributed by atoms with E-state index >= 15 is 0 Å². The van der Waals surface area contributed by atoms with Gasteiger partial charge in [-0.2, -0.15) is 5.10 Å². The number of halogens is 3. The summed E-state index contributed by atoms with van der Waals surface area (Å²) in [4.78, 5) is 34.5. The second kappa shape index (κ2) is 8.07. The molecule has 10 nitrogen and oxygen atoms in total. The molecule has 4 heterocycles. The lowest BCUT2D eigenvalue weighted by Crippen LogP contribution is -2.38. The highest BCUT2D eigenvalue weighted by Gasteiger charge is 2.36. The molecule has 4 aromatic rings. The van der Waals surface area contributed by atoms with Gasteiger partial charge in [-0.15, -0.1) is 10.2 Å². The Morgan fingerprint density at radius 2 is 1.85 bits per heavy atom. The largest absolute Gasteiger partial charge is 0.468 e. The van der Waals surface area contributed by atoms with E-state index in [1.54, 1.807) is 0 Å². The van der Waals surface area contributed by atoms with Crippen molar-refractivity contribution >= 4 is 17.0 Å². The van der Waals surface area contributed by atoms with Crippen molar-refractivity contribution in [2.24, 2.45) is 0 Å². The standard InChI is InChI=1S/C20H16F3N7O3/c1-20(2,19(32)33-3)15-18(31)26-16(28-27-15)14-10-4-9(21)5-25-17(10)30(29-14)8-11-12(22)6-24-7-13(11)23/h4-7H,8H2,1-3H3,(H,26,28,31). The molecule has 0 fully saturated rings. The van der Waals surface area contributed by atoms with Gasteiger partial charge in [0.15, 0.2) is 11.5 Å². The highest BCUT2D eigenvalue weighted by molar-refractivity contribution is 5.89. The molecule has 13 heteroatoms. The Morgan fingerprint density at radius 3 is 2.48 bits per heavy atom. The molecule has 0 radical (unpaired) electrons. The third kappa shape index (κ3) is 3.81. The molecule has 4 aromatic heterocycles. The van der Waals surface area contributed by atoms with Gasteiger partial charge in [-0.05, 0) is 19.9 Å². The number of hydrogen-bond acceptors (Lipinski definition) is 8. The van der Waals surface area contributed by atoms with Crippen LogP contribution < -0.4 is 5.56 Å². The van der Waals surface area contributed by atoms with Crippen molar-refractivity contribution in [1.29, 1.82) is 0 Å². The molecule has 33 heavy (non-hydrogen) atoms. The molecule has 1 N–H and O–H groups in total. The molecule has 0 aliphatic rings. The Hall–Kier alpha value is -4.16. The second-order valence-corrected chi connectivity index (χ2v) is 7.58. The molecule has 0 saturated carbocycles. The van der Waals surface area contributed by atoms with Crippen molar-refractivity contribution in [1.82, 2.24) is 34.9 Å². The van der Waals surface area contributed by atoms with Crippen molar-refractivity contribution in [3.8, 4) is 11.5 Å². The SMILES string of the molecule is COC(=O)C(C)(C)c1nnc(-c2nn(Cc3c(F)cncc3F)c3ncc(F)cc23)[nH]c1=O. The number of nitrogens with one attached hydrogen (secondary N) is 1. The maximum absolute atomic E-state index is 14.1. The average Bonchev–Trinajstić information content (AvgIpc) is 3.12. The van der Waals surface area contributed by atoms with Crippen LogP contribution >= 0.6 is 0 Å². The number of pyridine rings is 2. The summed E-state index contributed by atoms with van der Waals surface area (Å²) in [5, 5.41) is 12.1. The number of aromatic nitrogens is 7. The summed E-state index contributed by atoms with van der Waals surface area (Å²) in [6.07, 6.45) is 2.62. The van der Waals surface area contributed by atoms with E-state index in [0.717, 1.165) is 29.3 Å². The maximum Gasteiger partial charge on any atom is 0.317 e. The molecule has 4 rings (SSSR count). The Balaban J connectivity index is 1.85. The zero-order valence-corrected chi connectivity index (χ0v) is 17.6. The van der Waals surface area contributed by atoms with Crippen molar-refractivity contribution in [3.63, 3.8) is 0 Å². The molecule has 0 aliphatic heterocycles. The third-order valence-electron chi connectivity index (χ3n) is 5.02. The zero-order valence-electron chi connectivity index (χ0n) is 17.6. The summed E-state index contributed by atoms with van der Waals surface area (Å²) in [6.45, 7) is 2.50. The van der Waals surface area contributed by atoms with Crippen LogP contribution in [0.3, 0.4) is 0 Å². The van der Waals surface area contributed by atoms with Gasteiger partial charge in [-0.1, -0.05) is 0 Å². The fraction of sp³-hybridized carbons (Fsp3) is 0.250.